The summed E-state index contributed by atoms with van der Waals surface area (Å²) in [5, 5.41) is 11.3. The van der Waals surface area contributed by atoms with Crippen molar-refractivity contribution in [3.8, 4) is 16.9 Å². The van der Waals surface area contributed by atoms with Gasteiger partial charge in [0, 0.05) is 11.4 Å². The fourth-order valence-corrected chi connectivity index (χ4v) is 5.07. The van der Waals surface area contributed by atoms with Crippen LogP contribution in [-0.2, 0) is 11.0 Å². The quantitative estimate of drug-likeness (QED) is 0.318. The van der Waals surface area contributed by atoms with E-state index in [1.54, 1.807) is 6.07 Å². The Morgan fingerprint density at radius 3 is 2.17 bits per heavy atom. The molecule has 2 aromatic carbocycles. The number of halogens is 3. The lowest BCUT2D eigenvalue weighted by Crippen LogP contribution is -2.25. The number of carboxylic acid groups (broad SMARTS) is 1. The van der Waals surface area contributed by atoms with Gasteiger partial charge in [-0.05, 0) is 78.4 Å². The van der Waals surface area contributed by atoms with Gasteiger partial charge in [-0.25, -0.2) is 0 Å². The maximum Gasteiger partial charge on any atom is 0.416 e. The zero-order chi connectivity index (χ0) is 26.6. The molecular formula is C27H28F3NO4S. The number of nitrogens with one attached hydrogen (secondary N) is 1. The normalized spacial score (nSPS) is 12.4. The lowest BCUT2D eigenvalue weighted by molar-refractivity contribution is -0.138. The number of alkyl halides is 3. The Hall–Kier alpha value is -3.33. The minimum Gasteiger partial charge on any atom is -0.485 e. The smallest absolute Gasteiger partial charge is 0.416 e. The molecule has 3 rings (SSSR count). The number of hydrogen-bond acceptors (Lipinski definition) is 4. The third-order valence-corrected chi connectivity index (χ3v) is 6.78. The fourth-order valence-electron chi connectivity index (χ4n) is 3.94. The van der Waals surface area contributed by atoms with Gasteiger partial charge in [-0.1, -0.05) is 26.0 Å². The van der Waals surface area contributed by atoms with Gasteiger partial charge in [0.2, 0.25) is 0 Å². The van der Waals surface area contributed by atoms with Crippen LogP contribution in [0.2, 0.25) is 0 Å². The monoisotopic (exact) mass is 519 g/mol. The first-order valence-corrected chi connectivity index (χ1v) is 12.2. The Morgan fingerprint density at radius 2 is 1.64 bits per heavy atom. The number of thiophene rings is 1. The van der Waals surface area contributed by atoms with Crippen LogP contribution in [0.1, 0.15) is 57.6 Å². The maximum absolute atomic E-state index is 12.9. The first-order chi connectivity index (χ1) is 16.9. The lowest BCUT2D eigenvalue weighted by Gasteiger charge is -2.23. The molecule has 0 saturated carbocycles. The van der Waals surface area contributed by atoms with Crippen LogP contribution in [0.15, 0.2) is 48.5 Å². The van der Waals surface area contributed by atoms with Gasteiger partial charge in [0.1, 0.15) is 11.9 Å². The van der Waals surface area contributed by atoms with Crippen molar-refractivity contribution in [3.63, 3.8) is 0 Å². The second-order valence-corrected chi connectivity index (χ2v) is 10.0. The second-order valence-electron chi connectivity index (χ2n) is 8.89. The highest BCUT2D eigenvalue weighted by Crippen LogP contribution is 2.37. The van der Waals surface area contributed by atoms with Gasteiger partial charge in [-0.15, -0.1) is 11.3 Å². The molecule has 36 heavy (non-hydrogen) atoms. The molecule has 1 unspecified atom stereocenters. The van der Waals surface area contributed by atoms with Crippen LogP contribution in [0.5, 0.6) is 5.75 Å². The number of ether oxygens (including phenoxy) is 1. The molecule has 0 radical (unpaired) electrons. The van der Waals surface area contributed by atoms with Crippen LogP contribution in [0.4, 0.5) is 13.2 Å². The van der Waals surface area contributed by atoms with Crippen molar-refractivity contribution >= 4 is 23.2 Å². The molecule has 1 amide bonds. The summed E-state index contributed by atoms with van der Waals surface area (Å²) in [6.07, 6.45) is -4.86. The Labute approximate surface area is 211 Å². The highest BCUT2D eigenvalue weighted by Gasteiger charge is 2.30. The van der Waals surface area contributed by atoms with Crippen molar-refractivity contribution in [1.82, 2.24) is 5.32 Å². The van der Waals surface area contributed by atoms with E-state index in [0.717, 1.165) is 33.7 Å². The van der Waals surface area contributed by atoms with Crippen LogP contribution in [0, 0.1) is 19.8 Å². The molecule has 5 nitrogen and oxygen atoms in total. The number of amides is 1. The van der Waals surface area contributed by atoms with Gasteiger partial charge < -0.3 is 15.2 Å². The molecule has 0 bridgehead atoms. The summed E-state index contributed by atoms with van der Waals surface area (Å²) in [5.41, 5.74) is 2.61. The molecule has 3 aromatic rings. The number of benzene rings is 2. The molecule has 0 fully saturated rings. The van der Waals surface area contributed by atoms with Gasteiger partial charge in [-0.2, -0.15) is 13.2 Å². The average molecular weight is 520 g/mol. The third kappa shape index (κ3) is 6.66. The zero-order valence-corrected chi connectivity index (χ0v) is 21.2. The SMILES string of the molecule is Cc1cc(OC(c2ccc(C(=O)NCCC(=O)O)s2)C(C)C)cc(C)c1-c1ccc(C(F)(F)F)cc1. The van der Waals surface area contributed by atoms with E-state index in [2.05, 4.69) is 5.32 Å². The Morgan fingerprint density at radius 1 is 1.03 bits per heavy atom. The molecule has 0 saturated heterocycles. The summed E-state index contributed by atoms with van der Waals surface area (Å²) in [6.45, 7) is 7.85. The van der Waals surface area contributed by atoms with Crippen molar-refractivity contribution in [2.24, 2.45) is 5.92 Å². The molecule has 1 aromatic heterocycles. The molecule has 0 aliphatic rings. The molecule has 1 atom stereocenters. The number of carboxylic acids is 1. The zero-order valence-electron chi connectivity index (χ0n) is 20.4. The first kappa shape index (κ1) is 27.3. The van der Waals surface area contributed by atoms with Crippen molar-refractivity contribution < 1.29 is 32.6 Å². The summed E-state index contributed by atoms with van der Waals surface area (Å²) in [5.74, 6) is -0.602. The van der Waals surface area contributed by atoms with Gasteiger partial charge >= 0.3 is 12.1 Å². The number of aliphatic carboxylic acids is 1. The van der Waals surface area contributed by atoms with Crippen molar-refractivity contribution in [1.29, 1.82) is 0 Å². The van der Waals surface area contributed by atoms with E-state index in [0.29, 0.717) is 16.2 Å². The van der Waals surface area contributed by atoms with Gasteiger partial charge in [0.15, 0.2) is 0 Å². The summed E-state index contributed by atoms with van der Waals surface area (Å²) >= 11 is 1.29. The van der Waals surface area contributed by atoms with Gasteiger partial charge in [0.05, 0.1) is 16.9 Å². The van der Waals surface area contributed by atoms with E-state index in [9.17, 15) is 22.8 Å². The first-order valence-electron chi connectivity index (χ1n) is 11.4. The van der Waals surface area contributed by atoms with Crippen molar-refractivity contribution in [3.05, 3.63) is 75.0 Å². The van der Waals surface area contributed by atoms with E-state index in [1.807, 2.05) is 45.9 Å². The number of carbonyl (C=O) groups excluding carboxylic acids is 1. The number of aryl methyl sites for hydroxylation is 2. The average Bonchev–Trinajstić information content (AvgIpc) is 3.26. The topological polar surface area (TPSA) is 75.6 Å². The summed E-state index contributed by atoms with van der Waals surface area (Å²) in [7, 11) is 0. The van der Waals surface area contributed by atoms with E-state index in [1.165, 1.54) is 23.5 Å². The highest BCUT2D eigenvalue weighted by molar-refractivity contribution is 7.14. The Kier molecular flexibility index (Phi) is 8.45. The van der Waals surface area contributed by atoms with Crippen LogP contribution in [0.25, 0.3) is 11.1 Å². The van der Waals surface area contributed by atoms with Gasteiger partial charge in [0.25, 0.3) is 5.91 Å². The van der Waals surface area contributed by atoms with E-state index < -0.39 is 17.7 Å². The molecule has 0 aliphatic heterocycles. The molecule has 192 valence electrons. The van der Waals surface area contributed by atoms with Crippen LogP contribution in [-0.4, -0.2) is 23.5 Å². The lowest BCUT2D eigenvalue weighted by atomic mass is 9.94. The molecule has 1 heterocycles. The molecule has 2 N–H and O–H groups in total. The number of rotatable bonds is 9. The third-order valence-electron chi connectivity index (χ3n) is 5.63. The predicted octanol–water partition coefficient (Wildman–Crippen LogP) is 7.03. The fraction of sp³-hybridized carbons (Fsp3) is 0.333. The van der Waals surface area contributed by atoms with Crippen LogP contribution >= 0.6 is 11.3 Å². The Bertz CT molecular complexity index is 1210. The minimum atomic E-state index is -4.38. The molecule has 0 aliphatic carbocycles. The van der Waals surface area contributed by atoms with Crippen molar-refractivity contribution in [2.45, 2.75) is 46.4 Å². The Balaban J connectivity index is 1.80. The standard InChI is InChI=1S/C27H28F3NO4S/c1-15(2)25(21-9-10-22(36-21)26(34)31-12-11-23(32)33)35-20-13-16(3)24(17(4)14-20)18-5-7-19(8-6-18)27(28,29)30/h5-10,13-15,25H,11-12H2,1-4H3,(H,31,34)(H,32,33). The molecule has 0 spiro atoms. The summed E-state index contributed by atoms with van der Waals surface area (Å²) in [4.78, 5) is 24.3. The van der Waals surface area contributed by atoms with Crippen LogP contribution < -0.4 is 10.1 Å². The maximum atomic E-state index is 12.9. The summed E-state index contributed by atoms with van der Waals surface area (Å²) in [6, 6.07) is 12.4. The number of carbonyl (C=O) groups is 2. The highest BCUT2D eigenvalue weighted by atomic mass is 32.1. The molecular weight excluding hydrogens is 491 g/mol. The number of hydrogen-bond donors (Lipinski definition) is 2. The second kappa shape index (κ2) is 11.2. The van der Waals surface area contributed by atoms with E-state index in [-0.39, 0.29) is 30.9 Å². The van der Waals surface area contributed by atoms with E-state index in [4.69, 9.17) is 9.84 Å². The predicted molar refractivity (Wildman–Crippen MR) is 133 cm³/mol. The van der Waals surface area contributed by atoms with E-state index >= 15 is 0 Å². The minimum absolute atomic E-state index is 0.0509. The molecule has 9 heteroatoms. The van der Waals surface area contributed by atoms with Gasteiger partial charge in [-0.3, -0.25) is 9.59 Å². The largest absolute Gasteiger partial charge is 0.485 e. The van der Waals surface area contributed by atoms with Crippen LogP contribution in [0.3, 0.4) is 0 Å². The summed E-state index contributed by atoms with van der Waals surface area (Å²) < 4.78 is 45.1. The van der Waals surface area contributed by atoms with Crippen molar-refractivity contribution in [2.75, 3.05) is 6.54 Å².